The van der Waals surface area contributed by atoms with Crippen molar-refractivity contribution >= 4 is 11.4 Å². The third-order valence-electron chi connectivity index (χ3n) is 2.55. The van der Waals surface area contributed by atoms with Crippen molar-refractivity contribution in [2.24, 2.45) is 0 Å². The Morgan fingerprint density at radius 3 is 2.43 bits per heavy atom. The van der Waals surface area contributed by atoms with Gasteiger partial charge in [-0.3, -0.25) is 0 Å². The van der Waals surface area contributed by atoms with Crippen molar-refractivity contribution < 1.29 is 5.11 Å². The summed E-state index contributed by atoms with van der Waals surface area (Å²) in [6.07, 6.45) is 2.48. The zero-order valence-corrected chi connectivity index (χ0v) is 8.19. The molecule has 0 bridgehead atoms. The van der Waals surface area contributed by atoms with E-state index in [2.05, 4.69) is 4.90 Å². The van der Waals surface area contributed by atoms with E-state index in [1.54, 1.807) is 0 Å². The molecule has 1 aliphatic carbocycles. The summed E-state index contributed by atoms with van der Waals surface area (Å²) in [6.45, 7) is 0.926. The third kappa shape index (κ3) is 1.99. The summed E-state index contributed by atoms with van der Waals surface area (Å²) >= 11 is 0. The normalized spacial score (nSPS) is 15.5. The zero-order valence-electron chi connectivity index (χ0n) is 8.19. The van der Waals surface area contributed by atoms with Crippen molar-refractivity contribution in [2.75, 3.05) is 23.8 Å². The van der Waals surface area contributed by atoms with Crippen LogP contribution < -0.4 is 10.6 Å². The van der Waals surface area contributed by atoms with Crippen LogP contribution >= 0.6 is 0 Å². The fourth-order valence-electron chi connectivity index (χ4n) is 1.68. The minimum atomic E-state index is 0.209. The lowest BCUT2D eigenvalue weighted by atomic mass is 10.2. The van der Waals surface area contributed by atoms with Crippen LogP contribution in [0.15, 0.2) is 24.3 Å². The van der Waals surface area contributed by atoms with Gasteiger partial charge in [-0.05, 0) is 37.1 Å². The Balaban J connectivity index is 2.13. The van der Waals surface area contributed by atoms with Gasteiger partial charge in [0, 0.05) is 24.0 Å². The fraction of sp³-hybridized carbons (Fsp3) is 0.455. The van der Waals surface area contributed by atoms with Crippen LogP contribution in [-0.2, 0) is 0 Å². The van der Waals surface area contributed by atoms with Crippen LogP contribution in [0, 0.1) is 0 Å². The number of aliphatic hydroxyl groups excluding tert-OH is 1. The van der Waals surface area contributed by atoms with Gasteiger partial charge < -0.3 is 15.7 Å². The second-order valence-corrected chi connectivity index (χ2v) is 3.74. The molecule has 1 aliphatic rings. The monoisotopic (exact) mass is 192 g/mol. The maximum absolute atomic E-state index is 8.96. The first-order valence-corrected chi connectivity index (χ1v) is 5.04. The van der Waals surface area contributed by atoms with Crippen LogP contribution in [0.3, 0.4) is 0 Å². The molecule has 1 fully saturated rings. The number of nitrogens with two attached hydrogens (primary N) is 1. The highest BCUT2D eigenvalue weighted by Gasteiger charge is 2.28. The molecule has 0 unspecified atom stereocenters. The van der Waals surface area contributed by atoms with Gasteiger partial charge in [-0.1, -0.05) is 0 Å². The van der Waals surface area contributed by atoms with E-state index in [1.165, 1.54) is 12.8 Å². The van der Waals surface area contributed by atoms with Gasteiger partial charge in [-0.2, -0.15) is 0 Å². The number of rotatable bonds is 4. The van der Waals surface area contributed by atoms with Gasteiger partial charge in [0.25, 0.3) is 0 Å². The van der Waals surface area contributed by atoms with Crippen molar-refractivity contribution in [3.8, 4) is 0 Å². The van der Waals surface area contributed by atoms with Gasteiger partial charge >= 0.3 is 0 Å². The molecule has 2 rings (SSSR count). The molecule has 1 saturated carbocycles. The molecule has 0 amide bonds. The average Bonchev–Trinajstić information content (AvgIpc) is 2.99. The average molecular weight is 192 g/mol. The third-order valence-corrected chi connectivity index (χ3v) is 2.55. The molecule has 0 saturated heterocycles. The molecule has 3 heteroatoms. The number of hydrogen-bond acceptors (Lipinski definition) is 3. The summed E-state index contributed by atoms with van der Waals surface area (Å²) in [6, 6.07) is 8.47. The molecular weight excluding hydrogens is 176 g/mol. The molecule has 0 spiro atoms. The van der Waals surface area contributed by atoms with E-state index < -0.39 is 0 Å². The molecule has 0 radical (unpaired) electrons. The standard InChI is InChI=1S/C11H16N2O/c12-9-1-3-10(4-2-9)13(7-8-14)11-5-6-11/h1-4,11,14H,5-8,12H2. The van der Waals surface area contributed by atoms with E-state index in [4.69, 9.17) is 10.8 Å². The van der Waals surface area contributed by atoms with Gasteiger partial charge in [0.2, 0.25) is 0 Å². The van der Waals surface area contributed by atoms with E-state index in [0.717, 1.165) is 11.4 Å². The van der Waals surface area contributed by atoms with Crippen LogP contribution in [-0.4, -0.2) is 24.3 Å². The maximum Gasteiger partial charge on any atom is 0.0606 e. The van der Waals surface area contributed by atoms with Crippen LogP contribution in [0.25, 0.3) is 0 Å². The number of benzene rings is 1. The first-order chi connectivity index (χ1) is 6.81. The summed E-state index contributed by atoms with van der Waals surface area (Å²) < 4.78 is 0. The van der Waals surface area contributed by atoms with E-state index in [-0.39, 0.29) is 6.61 Å². The zero-order chi connectivity index (χ0) is 9.97. The van der Waals surface area contributed by atoms with Crippen LogP contribution in [0.1, 0.15) is 12.8 Å². The minimum Gasteiger partial charge on any atom is -0.399 e. The lowest BCUT2D eigenvalue weighted by molar-refractivity contribution is 0.301. The highest BCUT2D eigenvalue weighted by molar-refractivity contribution is 5.54. The number of nitrogen functional groups attached to an aromatic ring is 1. The van der Waals surface area contributed by atoms with Crippen molar-refractivity contribution in [1.29, 1.82) is 0 Å². The van der Waals surface area contributed by atoms with Gasteiger partial charge in [0.05, 0.1) is 6.61 Å². The fourth-order valence-corrected chi connectivity index (χ4v) is 1.68. The Labute approximate surface area is 84.1 Å². The number of aliphatic hydroxyl groups is 1. The van der Waals surface area contributed by atoms with Crippen LogP contribution in [0.2, 0.25) is 0 Å². The topological polar surface area (TPSA) is 49.5 Å². The molecule has 76 valence electrons. The van der Waals surface area contributed by atoms with E-state index >= 15 is 0 Å². The Morgan fingerprint density at radius 1 is 1.29 bits per heavy atom. The van der Waals surface area contributed by atoms with Crippen molar-refractivity contribution in [2.45, 2.75) is 18.9 Å². The number of hydrogen-bond donors (Lipinski definition) is 2. The second kappa shape index (κ2) is 3.88. The first-order valence-electron chi connectivity index (χ1n) is 5.04. The first kappa shape index (κ1) is 9.34. The SMILES string of the molecule is Nc1ccc(N(CCO)C2CC2)cc1. The van der Waals surface area contributed by atoms with Crippen LogP contribution in [0.5, 0.6) is 0 Å². The number of nitrogens with zero attached hydrogens (tertiary/aromatic N) is 1. The Kier molecular flexibility index (Phi) is 2.59. The lowest BCUT2D eigenvalue weighted by Gasteiger charge is -2.23. The van der Waals surface area contributed by atoms with Gasteiger partial charge in [0.1, 0.15) is 0 Å². The summed E-state index contributed by atoms with van der Waals surface area (Å²) in [7, 11) is 0. The number of anilines is 2. The van der Waals surface area contributed by atoms with Crippen molar-refractivity contribution in [1.82, 2.24) is 0 Å². The minimum absolute atomic E-state index is 0.209. The molecule has 3 nitrogen and oxygen atoms in total. The molecule has 0 aromatic heterocycles. The molecule has 0 atom stereocenters. The van der Waals surface area contributed by atoms with E-state index in [9.17, 15) is 0 Å². The molecule has 0 heterocycles. The predicted octanol–water partition coefficient (Wildman–Crippen LogP) is 1.23. The Bertz CT molecular complexity index is 293. The summed E-state index contributed by atoms with van der Waals surface area (Å²) in [4.78, 5) is 2.25. The van der Waals surface area contributed by atoms with Crippen molar-refractivity contribution in [3.63, 3.8) is 0 Å². The summed E-state index contributed by atoms with van der Waals surface area (Å²) in [5.74, 6) is 0. The molecule has 1 aromatic rings. The summed E-state index contributed by atoms with van der Waals surface area (Å²) in [5.41, 5.74) is 7.57. The quantitative estimate of drug-likeness (QED) is 0.705. The molecule has 0 aliphatic heterocycles. The smallest absolute Gasteiger partial charge is 0.0606 e. The second-order valence-electron chi connectivity index (χ2n) is 3.74. The Hall–Kier alpha value is -1.22. The highest BCUT2D eigenvalue weighted by Crippen LogP contribution is 2.31. The highest BCUT2D eigenvalue weighted by atomic mass is 16.3. The van der Waals surface area contributed by atoms with Crippen LogP contribution in [0.4, 0.5) is 11.4 Å². The van der Waals surface area contributed by atoms with E-state index in [1.807, 2.05) is 24.3 Å². The Morgan fingerprint density at radius 2 is 1.93 bits per heavy atom. The summed E-state index contributed by atoms with van der Waals surface area (Å²) in [5, 5.41) is 8.96. The molecular formula is C11H16N2O. The van der Waals surface area contributed by atoms with E-state index in [0.29, 0.717) is 12.6 Å². The lowest BCUT2D eigenvalue weighted by Crippen LogP contribution is -2.28. The predicted molar refractivity (Wildman–Crippen MR) is 58.3 cm³/mol. The molecule has 3 N–H and O–H groups in total. The maximum atomic E-state index is 8.96. The van der Waals surface area contributed by atoms with Gasteiger partial charge in [-0.15, -0.1) is 0 Å². The molecule has 14 heavy (non-hydrogen) atoms. The molecule has 1 aromatic carbocycles. The largest absolute Gasteiger partial charge is 0.399 e. The van der Waals surface area contributed by atoms with Crippen molar-refractivity contribution in [3.05, 3.63) is 24.3 Å². The van der Waals surface area contributed by atoms with Gasteiger partial charge in [0.15, 0.2) is 0 Å². The van der Waals surface area contributed by atoms with Gasteiger partial charge in [-0.25, -0.2) is 0 Å².